The monoisotopic (exact) mass is 364 g/mol. The van der Waals surface area contributed by atoms with Crippen LogP contribution in [0.4, 0.5) is 10.1 Å². The molecule has 1 amide bonds. The van der Waals surface area contributed by atoms with Gasteiger partial charge in [-0.25, -0.2) is 4.39 Å². The van der Waals surface area contributed by atoms with Crippen molar-refractivity contribution in [2.45, 2.75) is 19.3 Å². The topological polar surface area (TPSA) is 68.3 Å². The predicted octanol–water partition coefficient (Wildman–Crippen LogP) is 4.08. The largest absolute Gasteiger partial charge is 0.483 e. The maximum Gasteiger partial charge on any atom is 0.262 e. The van der Waals surface area contributed by atoms with E-state index in [0.717, 1.165) is 10.9 Å². The van der Waals surface area contributed by atoms with Crippen LogP contribution in [0.15, 0.2) is 48.7 Å². The molecule has 0 fully saturated rings. The van der Waals surface area contributed by atoms with Crippen molar-refractivity contribution in [3.63, 3.8) is 0 Å². The molecule has 1 heterocycles. The Morgan fingerprint density at radius 2 is 2.11 bits per heavy atom. The number of carbonyl (C=O) groups is 2. The van der Waals surface area contributed by atoms with Gasteiger partial charge in [0.1, 0.15) is 11.6 Å². The van der Waals surface area contributed by atoms with Gasteiger partial charge in [-0.15, -0.1) is 0 Å². The summed E-state index contributed by atoms with van der Waals surface area (Å²) in [5, 5.41) is 3.61. The lowest BCUT2D eigenvalue weighted by molar-refractivity contribution is -0.118. The number of nitrogens with one attached hydrogen (secondary N) is 1. The predicted molar refractivity (Wildman–Crippen MR) is 99.6 cm³/mol. The summed E-state index contributed by atoms with van der Waals surface area (Å²) < 4.78 is 19.6. The molecule has 0 aliphatic heterocycles. The molecule has 0 bridgehead atoms. The van der Waals surface area contributed by atoms with E-state index in [-0.39, 0.29) is 41.9 Å². The van der Waals surface area contributed by atoms with E-state index in [1.165, 1.54) is 12.1 Å². The van der Waals surface area contributed by atoms with Gasteiger partial charge in [-0.05, 0) is 42.3 Å². The van der Waals surface area contributed by atoms with Crippen molar-refractivity contribution >= 4 is 28.3 Å². The van der Waals surface area contributed by atoms with Crippen LogP contribution in [0.5, 0.6) is 5.75 Å². The Hall–Kier alpha value is -3.28. The van der Waals surface area contributed by atoms with E-state index in [4.69, 9.17) is 4.74 Å². The molecule has 0 radical (unpaired) electrons. The average Bonchev–Trinajstić information content (AvgIpc) is 2.97. The summed E-state index contributed by atoms with van der Waals surface area (Å²) in [7, 11) is 0. The third-order valence-corrected chi connectivity index (χ3v) is 4.70. The second-order valence-corrected chi connectivity index (χ2v) is 6.58. The molecule has 0 saturated heterocycles. The maximum absolute atomic E-state index is 14.0. The first kappa shape index (κ1) is 17.1. The first-order chi connectivity index (χ1) is 13.0. The van der Waals surface area contributed by atoms with Crippen molar-refractivity contribution in [1.29, 1.82) is 0 Å². The summed E-state index contributed by atoms with van der Waals surface area (Å²) in [6.45, 7) is 1.52. The van der Waals surface area contributed by atoms with Gasteiger partial charge >= 0.3 is 0 Å². The zero-order valence-corrected chi connectivity index (χ0v) is 14.7. The van der Waals surface area contributed by atoms with Gasteiger partial charge in [-0.1, -0.05) is 13.0 Å². The molecule has 2 aromatic carbocycles. The van der Waals surface area contributed by atoms with Crippen LogP contribution in [0.3, 0.4) is 0 Å². The first-order valence-electron chi connectivity index (χ1n) is 8.66. The van der Waals surface area contributed by atoms with Gasteiger partial charge in [-0.2, -0.15) is 0 Å². The number of ketones is 1. The van der Waals surface area contributed by atoms with E-state index < -0.39 is 5.82 Å². The second-order valence-electron chi connectivity index (χ2n) is 6.58. The Kier molecular flexibility index (Phi) is 4.32. The van der Waals surface area contributed by atoms with Crippen LogP contribution in [0, 0.1) is 5.82 Å². The zero-order valence-electron chi connectivity index (χ0n) is 14.7. The minimum atomic E-state index is -0.414. The molecule has 5 nitrogen and oxygen atoms in total. The Bertz CT molecular complexity index is 1060. The fourth-order valence-corrected chi connectivity index (χ4v) is 3.49. The number of halogens is 1. The van der Waals surface area contributed by atoms with Crippen molar-refractivity contribution in [2.75, 3.05) is 11.9 Å². The molecule has 1 N–H and O–H groups in total. The number of hydrogen-bond donors (Lipinski definition) is 1. The van der Waals surface area contributed by atoms with Crippen LogP contribution >= 0.6 is 0 Å². The standard InChI is InChI=1S/C21H17FN2O3/c1-12-10-17(25)21-18(8-7-14(22)20(12)21)27-11-19(26)24-16-6-2-5-15-13(16)4-3-9-23-15/h2-9,12H,10-11H2,1H3,(H,24,26)/t12-/m1/s1. The number of nitrogens with zero attached hydrogens (tertiary/aromatic N) is 1. The van der Waals surface area contributed by atoms with E-state index in [0.29, 0.717) is 11.3 Å². The molecular formula is C21H17FN2O3. The fraction of sp³-hybridized carbons (Fsp3) is 0.190. The van der Waals surface area contributed by atoms with Gasteiger partial charge in [0.05, 0.1) is 16.8 Å². The summed E-state index contributed by atoms with van der Waals surface area (Å²) in [5.41, 5.74) is 2.03. The van der Waals surface area contributed by atoms with Crippen molar-refractivity contribution in [3.8, 4) is 5.75 Å². The smallest absolute Gasteiger partial charge is 0.262 e. The molecule has 4 rings (SSSR count). The number of Topliss-reactive ketones (excluding diaryl/α,β-unsaturated/α-hetero) is 1. The molecule has 1 atom stereocenters. The van der Waals surface area contributed by atoms with E-state index in [9.17, 15) is 14.0 Å². The highest BCUT2D eigenvalue weighted by Crippen LogP contribution is 2.39. The summed E-state index contributed by atoms with van der Waals surface area (Å²) >= 11 is 0. The lowest BCUT2D eigenvalue weighted by Crippen LogP contribution is -2.21. The Balaban J connectivity index is 1.52. The lowest BCUT2D eigenvalue weighted by atomic mass is 10.0. The van der Waals surface area contributed by atoms with Crippen LogP contribution in [-0.2, 0) is 4.79 Å². The summed E-state index contributed by atoms with van der Waals surface area (Å²) in [6, 6.07) is 11.8. The van der Waals surface area contributed by atoms with E-state index in [2.05, 4.69) is 10.3 Å². The highest BCUT2D eigenvalue weighted by Gasteiger charge is 2.32. The third-order valence-electron chi connectivity index (χ3n) is 4.70. The molecule has 0 saturated carbocycles. The van der Waals surface area contributed by atoms with Crippen molar-refractivity contribution in [1.82, 2.24) is 4.98 Å². The van der Waals surface area contributed by atoms with Gasteiger partial charge in [0.15, 0.2) is 12.4 Å². The molecule has 6 heteroatoms. The number of amides is 1. The highest BCUT2D eigenvalue weighted by atomic mass is 19.1. The number of rotatable bonds is 4. The molecule has 1 aromatic heterocycles. The molecule has 27 heavy (non-hydrogen) atoms. The number of carbonyl (C=O) groups excluding carboxylic acids is 2. The minimum absolute atomic E-state index is 0.160. The third kappa shape index (κ3) is 3.14. The lowest BCUT2D eigenvalue weighted by Gasteiger charge is -2.12. The number of benzene rings is 2. The quantitative estimate of drug-likeness (QED) is 0.757. The second kappa shape index (κ2) is 6.79. The molecule has 1 aliphatic carbocycles. The normalized spacial score (nSPS) is 15.6. The first-order valence-corrected chi connectivity index (χ1v) is 8.66. The van der Waals surface area contributed by atoms with Crippen LogP contribution in [0.25, 0.3) is 10.9 Å². The van der Waals surface area contributed by atoms with E-state index >= 15 is 0 Å². The van der Waals surface area contributed by atoms with Gasteiger partial charge < -0.3 is 10.1 Å². The number of fused-ring (bicyclic) bond motifs is 2. The number of pyridine rings is 1. The average molecular weight is 364 g/mol. The van der Waals surface area contributed by atoms with Crippen molar-refractivity contribution in [3.05, 3.63) is 65.6 Å². The van der Waals surface area contributed by atoms with Gasteiger partial charge in [-0.3, -0.25) is 14.6 Å². The zero-order chi connectivity index (χ0) is 19.0. The van der Waals surface area contributed by atoms with Gasteiger partial charge in [0.25, 0.3) is 5.91 Å². The van der Waals surface area contributed by atoms with Gasteiger partial charge in [0, 0.05) is 23.6 Å². The molecule has 3 aromatic rings. The summed E-state index contributed by atoms with van der Waals surface area (Å²) in [6.07, 6.45) is 1.94. The summed E-state index contributed by atoms with van der Waals surface area (Å²) in [5.74, 6) is -0.887. The van der Waals surface area contributed by atoms with Crippen molar-refractivity contribution in [2.24, 2.45) is 0 Å². The molecule has 136 valence electrons. The minimum Gasteiger partial charge on any atom is -0.483 e. The summed E-state index contributed by atoms with van der Waals surface area (Å²) in [4.78, 5) is 28.8. The molecule has 1 aliphatic rings. The van der Waals surface area contributed by atoms with Gasteiger partial charge in [0.2, 0.25) is 0 Å². The maximum atomic E-state index is 14.0. The molecule has 0 unspecified atom stereocenters. The van der Waals surface area contributed by atoms with E-state index in [1.54, 1.807) is 31.3 Å². The van der Waals surface area contributed by atoms with Crippen LogP contribution in [-0.4, -0.2) is 23.3 Å². The van der Waals surface area contributed by atoms with Crippen LogP contribution in [0.2, 0.25) is 0 Å². The van der Waals surface area contributed by atoms with Crippen LogP contribution < -0.4 is 10.1 Å². The Labute approximate surface area is 155 Å². The SMILES string of the molecule is C[C@@H]1CC(=O)c2c(OCC(=O)Nc3cccc4ncccc34)ccc(F)c21. The van der Waals surface area contributed by atoms with Crippen molar-refractivity contribution < 1.29 is 18.7 Å². The van der Waals surface area contributed by atoms with Crippen LogP contribution in [0.1, 0.15) is 35.2 Å². The highest BCUT2D eigenvalue weighted by molar-refractivity contribution is 6.04. The molecular weight excluding hydrogens is 347 g/mol. The number of anilines is 1. The number of ether oxygens (including phenoxy) is 1. The fourth-order valence-electron chi connectivity index (χ4n) is 3.49. The molecule has 0 spiro atoms. The van der Waals surface area contributed by atoms with E-state index in [1.807, 2.05) is 12.1 Å². The number of aromatic nitrogens is 1. The number of hydrogen-bond acceptors (Lipinski definition) is 4. The Morgan fingerprint density at radius 1 is 1.26 bits per heavy atom. The Morgan fingerprint density at radius 3 is 2.96 bits per heavy atom.